The lowest BCUT2D eigenvalue weighted by atomic mass is 9.99. The van der Waals surface area contributed by atoms with E-state index in [1.807, 2.05) is 62.9 Å². The Morgan fingerprint density at radius 1 is 0.875 bits per heavy atom. The first-order valence-corrected chi connectivity index (χ1v) is 11.1. The number of imide groups is 1. The Balaban J connectivity index is 1.58. The van der Waals surface area contributed by atoms with Gasteiger partial charge in [-0.1, -0.05) is 24.3 Å². The summed E-state index contributed by atoms with van der Waals surface area (Å²) in [6.45, 7) is 10.8. The number of carbonyl (C=O) groups excluding carboxylic acids is 2. The van der Waals surface area contributed by atoms with Crippen molar-refractivity contribution in [2.75, 3.05) is 39.5 Å². The van der Waals surface area contributed by atoms with E-state index in [1.165, 1.54) is 4.90 Å². The van der Waals surface area contributed by atoms with Gasteiger partial charge in [-0.2, -0.15) is 0 Å². The zero-order valence-corrected chi connectivity index (χ0v) is 19.2. The number of benzene rings is 2. The average molecular weight is 435 g/mol. The number of amides is 2. The molecule has 0 atom stereocenters. The normalized spacial score (nSPS) is 16.9. The van der Waals surface area contributed by atoms with Gasteiger partial charge in [0.1, 0.15) is 18.1 Å². The van der Waals surface area contributed by atoms with Gasteiger partial charge in [0, 0.05) is 13.1 Å². The molecule has 32 heavy (non-hydrogen) atoms. The quantitative estimate of drug-likeness (QED) is 0.652. The maximum Gasteiger partial charge on any atom is 0.277 e. The maximum atomic E-state index is 13.5. The molecule has 2 aliphatic heterocycles. The van der Waals surface area contributed by atoms with Crippen molar-refractivity contribution in [2.45, 2.75) is 27.7 Å². The van der Waals surface area contributed by atoms with E-state index in [1.54, 1.807) is 0 Å². The first-order chi connectivity index (χ1) is 15.3. The van der Waals surface area contributed by atoms with E-state index in [-0.39, 0.29) is 25.0 Å². The molecule has 168 valence electrons. The van der Waals surface area contributed by atoms with Crippen LogP contribution in [0.2, 0.25) is 0 Å². The molecular formula is C26H30N2O4. The lowest BCUT2D eigenvalue weighted by Gasteiger charge is -2.29. The third-order valence-corrected chi connectivity index (χ3v) is 6.05. The number of rotatable bonds is 6. The van der Waals surface area contributed by atoms with Gasteiger partial charge in [0.05, 0.1) is 25.3 Å². The second-order valence-electron chi connectivity index (χ2n) is 8.56. The highest BCUT2D eigenvalue weighted by molar-refractivity contribution is 6.35. The molecule has 6 nitrogen and oxygen atoms in total. The van der Waals surface area contributed by atoms with Crippen molar-refractivity contribution in [3.8, 4) is 5.75 Å². The van der Waals surface area contributed by atoms with Gasteiger partial charge in [-0.15, -0.1) is 0 Å². The molecule has 0 radical (unpaired) electrons. The van der Waals surface area contributed by atoms with Gasteiger partial charge in [-0.25, -0.2) is 0 Å². The molecule has 2 amide bonds. The van der Waals surface area contributed by atoms with E-state index in [9.17, 15) is 9.59 Å². The Kier molecular flexibility index (Phi) is 6.33. The van der Waals surface area contributed by atoms with Gasteiger partial charge in [-0.3, -0.25) is 14.5 Å². The summed E-state index contributed by atoms with van der Waals surface area (Å²) in [5.74, 6) is 0.232. The molecule has 0 spiro atoms. The highest BCUT2D eigenvalue weighted by atomic mass is 16.5. The summed E-state index contributed by atoms with van der Waals surface area (Å²) in [7, 11) is 0. The largest absolute Gasteiger partial charge is 0.492 e. The van der Waals surface area contributed by atoms with E-state index in [2.05, 4.69) is 6.07 Å². The topological polar surface area (TPSA) is 59.1 Å². The minimum Gasteiger partial charge on any atom is -0.492 e. The molecule has 2 heterocycles. The second-order valence-corrected chi connectivity index (χ2v) is 8.56. The molecule has 1 saturated heterocycles. The summed E-state index contributed by atoms with van der Waals surface area (Å²) in [5.41, 5.74) is 6.21. The van der Waals surface area contributed by atoms with Gasteiger partial charge < -0.3 is 14.4 Å². The summed E-state index contributed by atoms with van der Waals surface area (Å²) in [4.78, 5) is 30.2. The Morgan fingerprint density at radius 2 is 1.56 bits per heavy atom. The van der Waals surface area contributed by atoms with Crippen molar-refractivity contribution in [3.05, 3.63) is 69.9 Å². The zero-order chi connectivity index (χ0) is 22.8. The van der Waals surface area contributed by atoms with Crippen molar-refractivity contribution in [3.63, 3.8) is 0 Å². The van der Waals surface area contributed by atoms with Gasteiger partial charge in [0.2, 0.25) is 0 Å². The zero-order valence-electron chi connectivity index (χ0n) is 19.2. The van der Waals surface area contributed by atoms with Gasteiger partial charge in [0.25, 0.3) is 11.8 Å². The first kappa shape index (κ1) is 22.1. The third kappa shape index (κ3) is 4.41. The fraction of sp³-hybridized carbons (Fsp3) is 0.385. The van der Waals surface area contributed by atoms with Crippen LogP contribution in [-0.2, 0) is 14.3 Å². The van der Waals surface area contributed by atoms with Crippen LogP contribution in [0.25, 0.3) is 5.57 Å². The van der Waals surface area contributed by atoms with Gasteiger partial charge >= 0.3 is 0 Å². The molecule has 0 N–H and O–H groups in total. The monoisotopic (exact) mass is 434 g/mol. The van der Waals surface area contributed by atoms with Crippen molar-refractivity contribution < 1.29 is 19.1 Å². The van der Waals surface area contributed by atoms with E-state index >= 15 is 0 Å². The molecule has 1 fully saturated rings. The minimum atomic E-state index is -0.260. The van der Waals surface area contributed by atoms with Crippen LogP contribution >= 0.6 is 0 Å². The predicted molar refractivity (Wildman–Crippen MR) is 123 cm³/mol. The summed E-state index contributed by atoms with van der Waals surface area (Å²) in [6, 6.07) is 11.9. The molecule has 0 unspecified atom stereocenters. The molecule has 4 rings (SSSR count). The van der Waals surface area contributed by atoms with Crippen LogP contribution in [0.1, 0.15) is 27.8 Å². The van der Waals surface area contributed by atoms with Crippen LogP contribution < -0.4 is 4.74 Å². The van der Waals surface area contributed by atoms with Crippen molar-refractivity contribution >= 4 is 17.4 Å². The average Bonchev–Trinajstić information content (AvgIpc) is 3.00. The summed E-state index contributed by atoms with van der Waals surface area (Å²) < 4.78 is 11.3. The highest BCUT2D eigenvalue weighted by Gasteiger charge is 2.41. The van der Waals surface area contributed by atoms with Gasteiger partial charge in [0.15, 0.2) is 0 Å². The van der Waals surface area contributed by atoms with Crippen molar-refractivity contribution in [2.24, 2.45) is 0 Å². The molecule has 6 heteroatoms. The van der Waals surface area contributed by atoms with Crippen molar-refractivity contribution in [1.29, 1.82) is 0 Å². The number of hydrogen-bond acceptors (Lipinski definition) is 5. The van der Waals surface area contributed by atoms with Gasteiger partial charge in [-0.05, 0) is 67.6 Å². The standard InChI is InChI=1S/C26H30N2O4/c1-17-13-18(2)15-22(14-17)32-12-9-28-25(29)23(21-6-5-19(3)20(4)16-21)24(26(28)30)27-7-10-31-11-8-27/h5-6,13-16H,7-12H2,1-4H3. The molecule has 0 aromatic heterocycles. The molecule has 2 aromatic carbocycles. The Hall–Kier alpha value is -3.12. The molecule has 2 aliphatic rings. The third-order valence-electron chi connectivity index (χ3n) is 6.05. The SMILES string of the molecule is Cc1cc(C)cc(OCCN2C(=O)C(c3ccc(C)c(C)c3)=C(N3CCOCC3)C2=O)c1. The summed E-state index contributed by atoms with van der Waals surface area (Å²) >= 11 is 0. The van der Waals surface area contributed by atoms with Crippen LogP contribution in [0.3, 0.4) is 0 Å². The number of hydrogen-bond donors (Lipinski definition) is 0. The fourth-order valence-electron chi connectivity index (χ4n) is 4.27. The van der Waals surface area contributed by atoms with E-state index < -0.39 is 0 Å². The number of aryl methyl sites for hydroxylation is 4. The van der Waals surface area contributed by atoms with E-state index in [4.69, 9.17) is 9.47 Å². The maximum absolute atomic E-state index is 13.5. The lowest BCUT2D eigenvalue weighted by molar-refractivity contribution is -0.138. The van der Waals surface area contributed by atoms with Crippen LogP contribution in [-0.4, -0.2) is 61.1 Å². The van der Waals surface area contributed by atoms with E-state index in [0.29, 0.717) is 37.6 Å². The first-order valence-electron chi connectivity index (χ1n) is 11.1. The predicted octanol–water partition coefficient (Wildman–Crippen LogP) is 3.41. The van der Waals surface area contributed by atoms with E-state index in [0.717, 1.165) is 33.6 Å². The van der Waals surface area contributed by atoms with Crippen LogP contribution in [0.5, 0.6) is 5.75 Å². The minimum absolute atomic E-state index is 0.201. The highest BCUT2D eigenvalue weighted by Crippen LogP contribution is 2.33. The number of nitrogens with zero attached hydrogens (tertiary/aromatic N) is 2. The number of ether oxygens (including phenoxy) is 2. The van der Waals surface area contributed by atoms with Crippen LogP contribution in [0, 0.1) is 27.7 Å². The second kappa shape index (κ2) is 9.17. The smallest absolute Gasteiger partial charge is 0.277 e. The Morgan fingerprint density at radius 3 is 2.22 bits per heavy atom. The molecule has 0 aliphatic carbocycles. The molecular weight excluding hydrogens is 404 g/mol. The summed E-state index contributed by atoms with van der Waals surface area (Å²) in [5, 5.41) is 0. The fourth-order valence-corrected chi connectivity index (χ4v) is 4.27. The van der Waals surface area contributed by atoms with Crippen LogP contribution in [0.4, 0.5) is 0 Å². The Bertz CT molecular complexity index is 1060. The summed E-state index contributed by atoms with van der Waals surface area (Å²) in [6.07, 6.45) is 0. The van der Waals surface area contributed by atoms with Crippen molar-refractivity contribution in [1.82, 2.24) is 9.80 Å². The molecule has 0 saturated carbocycles. The number of morpholine rings is 1. The Labute approximate surface area is 189 Å². The molecule has 0 bridgehead atoms. The molecule has 2 aromatic rings. The number of carbonyl (C=O) groups is 2. The lowest BCUT2D eigenvalue weighted by Crippen LogP contribution is -2.41. The van der Waals surface area contributed by atoms with Crippen LogP contribution in [0.15, 0.2) is 42.1 Å².